The second-order valence-electron chi connectivity index (χ2n) is 1.26. The molecular weight excluding hydrogens is 172 g/mol. The van der Waals surface area contributed by atoms with Crippen molar-refractivity contribution in [2.45, 2.75) is 5.08 Å². The summed E-state index contributed by atoms with van der Waals surface area (Å²) in [6.07, 6.45) is 1.41. The topological polar surface area (TPSA) is 62.8 Å². The fourth-order valence-electron chi connectivity index (χ4n) is 0.351. The summed E-state index contributed by atoms with van der Waals surface area (Å²) in [6.45, 7) is 0. The molecule has 1 unspecified atom stereocenters. The zero-order valence-electron chi connectivity index (χ0n) is 4.00. The first-order valence-corrected chi connectivity index (χ1v) is 2.96. The smallest absolute Gasteiger partial charge is 0.197 e. The molecule has 0 fully saturated rings. The van der Waals surface area contributed by atoms with E-state index in [2.05, 4.69) is 31.2 Å². The molecule has 1 aliphatic rings. The maximum absolute atomic E-state index is 5.24. The maximum Gasteiger partial charge on any atom is 0.197 e. The Bertz CT molecular complexity index is 140. The normalized spacial score (nSPS) is 26.6. The van der Waals surface area contributed by atoms with Gasteiger partial charge in [0.2, 0.25) is 0 Å². The quantitative estimate of drug-likeness (QED) is 0.391. The first-order chi connectivity index (χ1) is 3.79. The summed E-state index contributed by atoms with van der Waals surface area (Å²) in [5.74, 6) is 0.391. The first-order valence-electron chi connectivity index (χ1n) is 2.04. The highest BCUT2D eigenvalue weighted by atomic mass is 79.9. The number of hydrogen-bond acceptors (Lipinski definition) is 4. The standard InChI is InChI=1S/C3H5BrN4/c4-2-6-1-7-3(5)8-2/h1-2H,(H3,5,6,7,8). The van der Waals surface area contributed by atoms with E-state index in [0.29, 0.717) is 5.96 Å². The van der Waals surface area contributed by atoms with Crippen molar-refractivity contribution in [1.82, 2.24) is 5.32 Å². The summed E-state index contributed by atoms with van der Waals surface area (Å²) < 4.78 is 0. The summed E-state index contributed by atoms with van der Waals surface area (Å²) in [6, 6.07) is 0. The van der Waals surface area contributed by atoms with E-state index in [0.717, 1.165) is 0 Å². The number of nitrogens with one attached hydrogen (secondary N) is 1. The molecule has 1 heterocycles. The molecule has 1 rings (SSSR count). The van der Waals surface area contributed by atoms with Crippen LogP contribution in [-0.2, 0) is 0 Å². The van der Waals surface area contributed by atoms with Crippen LogP contribution in [0.3, 0.4) is 0 Å². The average Bonchev–Trinajstić information content (AvgIpc) is 1.64. The van der Waals surface area contributed by atoms with Crippen LogP contribution in [0.1, 0.15) is 0 Å². The minimum Gasteiger partial charge on any atom is -0.370 e. The molecule has 0 bridgehead atoms. The Hall–Kier alpha value is -0.580. The van der Waals surface area contributed by atoms with Crippen molar-refractivity contribution >= 4 is 28.2 Å². The van der Waals surface area contributed by atoms with E-state index in [1.165, 1.54) is 6.34 Å². The van der Waals surface area contributed by atoms with Gasteiger partial charge < -0.3 is 11.1 Å². The van der Waals surface area contributed by atoms with Gasteiger partial charge in [-0.1, -0.05) is 0 Å². The Balaban J connectivity index is 2.59. The van der Waals surface area contributed by atoms with Crippen molar-refractivity contribution < 1.29 is 0 Å². The summed E-state index contributed by atoms with van der Waals surface area (Å²) in [5.41, 5.74) is 5.24. The van der Waals surface area contributed by atoms with Gasteiger partial charge in [0.25, 0.3) is 0 Å². The lowest BCUT2D eigenvalue weighted by molar-refractivity contribution is 0.856. The van der Waals surface area contributed by atoms with Gasteiger partial charge >= 0.3 is 0 Å². The molecule has 0 amide bonds. The van der Waals surface area contributed by atoms with E-state index in [1.807, 2.05) is 0 Å². The third-order valence-corrected chi connectivity index (χ3v) is 1.13. The third kappa shape index (κ3) is 1.19. The van der Waals surface area contributed by atoms with Gasteiger partial charge in [-0.05, 0) is 15.9 Å². The lowest BCUT2D eigenvalue weighted by atomic mass is 10.8. The molecule has 4 nitrogen and oxygen atoms in total. The zero-order valence-corrected chi connectivity index (χ0v) is 5.59. The monoisotopic (exact) mass is 176 g/mol. The van der Waals surface area contributed by atoms with E-state index >= 15 is 0 Å². The number of nitrogens with zero attached hydrogens (tertiary/aromatic N) is 2. The van der Waals surface area contributed by atoms with Crippen LogP contribution in [0.4, 0.5) is 0 Å². The van der Waals surface area contributed by atoms with Gasteiger partial charge in [0.15, 0.2) is 11.0 Å². The van der Waals surface area contributed by atoms with Crippen molar-refractivity contribution in [3.05, 3.63) is 0 Å². The minimum absolute atomic E-state index is 0.111. The van der Waals surface area contributed by atoms with E-state index in [4.69, 9.17) is 5.73 Å². The number of guanidine groups is 1. The van der Waals surface area contributed by atoms with Gasteiger partial charge in [0.05, 0.1) is 0 Å². The van der Waals surface area contributed by atoms with Crippen LogP contribution >= 0.6 is 15.9 Å². The van der Waals surface area contributed by atoms with Crippen LogP contribution in [0.25, 0.3) is 0 Å². The van der Waals surface area contributed by atoms with Crippen LogP contribution in [0.15, 0.2) is 9.98 Å². The van der Waals surface area contributed by atoms with E-state index in [1.54, 1.807) is 0 Å². The zero-order chi connectivity index (χ0) is 5.98. The van der Waals surface area contributed by atoms with E-state index in [-0.39, 0.29) is 5.08 Å². The molecule has 0 saturated heterocycles. The van der Waals surface area contributed by atoms with Crippen LogP contribution in [0.5, 0.6) is 0 Å². The van der Waals surface area contributed by atoms with Gasteiger partial charge in [0.1, 0.15) is 6.34 Å². The molecule has 0 aromatic carbocycles. The minimum atomic E-state index is -0.111. The van der Waals surface area contributed by atoms with Crippen molar-refractivity contribution in [1.29, 1.82) is 0 Å². The Kier molecular flexibility index (Phi) is 1.48. The van der Waals surface area contributed by atoms with Crippen molar-refractivity contribution in [3.8, 4) is 0 Å². The number of aliphatic imine (C=N–C) groups is 2. The average molecular weight is 177 g/mol. The van der Waals surface area contributed by atoms with E-state index in [9.17, 15) is 0 Å². The number of alkyl halides is 1. The van der Waals surface area contributed by atoms with Crippen LogP contribution in [-0.4, -0.2) is 17.4 Å². The van der Waals surface area contributed by atoms with E-state index < -0.39 is 0 Å². The van der Waals surface area contributed by atoms with Gasteiger partial charge in [-0.2, -0.15) is 0 Å². The van der Waals surface area contributed by atoms with Gasteiger partial charge in [0, 0.05) is 0 Å². The predicted octanol–water partition coefficient (Wildman–Crippen LogP) is -0.389. The Morgan fingerprint density at radius 3 is 3.00 bits per heavy atom. The molecule has 0 saturated carbocycles. The van der Waals surface area contributed by atoms with Gasteiger partial charge in [-0.15, -0.1) is 0 Å². The molecular formula is C3H5BrN4. The van der Waals surface area contributed by atoms with Crippen molar-refractivity contribution in [2.75, 3.05) is 0 Å². The molecule has 0 aromatic rings. The summed E-state index contributed by atoms with van der Waals surface area (Å²) in [5, 5.41) is 2.61. The van der Waals surface area contributed by atoms with Crippen LogP contribution in [0.2, 0.25) is 0 Å². The maximum atomic E-state index is 5.24. The molecule has 0 aromatic heterocycles. The molecule has 3 N–H and O–H groups in total. The Morgan fingerprint density at radius 1 is 1.88 bits per heavy atom. The SMILES string of the molecule is NC1=NC=NC(Br)N1. The predicted molar refractivity (Wildman–Crippen MR) is 36.0 cm³/mol. The highest BCUT2D eigenvalue weighted by molar-refractivity contribution is 9.09. The lowest BCUT2D eigenvalue weighted by Crippen LogP contribution is -2.38. The first kappa shape index (κ1) is 5.55. The second-order valence-corrected chi connectivity index (χ2v) is 2.13. The molecule has 1 aliphatic heterocycles. The fourth-order valence-corrected chi connectivity index (χ4v) is 0.691. The highest BCUT2D eigenvalue weighted by Crippen LogP contribution is 1.96. The fraction of sp³-hybridized carbons (Fsp3) is 0.333. The molecule has 44 valence electrons. The molecule has 5 heteroatoms. The third-order valence-electron chi connectivity index (χ3n) is 0.661. The Morgan fingerprint density at radius 2 is 2.62 bits per heavy atom. The number of halogens is 1. The van der Waals surface area contributed by atoms with Crippen molar-refractivity contribution in [2.24, 2.45) is 15.7 Å². The molecule has 0 spiro atoms. The van der Waals surface area contributed by atoms with Crippen LogP contribution in [0, 0.1) is 0 Å². The van der Waals surface area contributed by atoms with Gasteiger partial charge in [-0.25, -0.2) is 9.98 Å². The number of rotatable bonds is 0. The molecule has 8 heavy (non-hydrogen) atoms. The number of nitrogens with two attached hydrogens (primary N) is 1. The highest BCUT2D eigenvalue weighted by Gasteiger charge is 2.02. The van der Waals surface area contributed by atoms with Gasteiger partial charge in [-0.3, -0.25) is 0 Å². The Labute approximate surface area is 55.0 Å². The lowest BCUT2D eigenvalue weighted by Gasteiger charge is -2.09. The molecule has 1 atom stereocenters. The summed E-state index contributed by atoms with van der Waals surface area (Å²) >= 11 is 3.16. The molecule has 0 radical (unpaired) electrons. The van der Waals surface area contributed by atoms with Crippen molar-refractivity contribution in [3.63, 3.8) is 0 Å². The molecule has 0 aliphatic carbocycles. The summed E-state index contributed by atoms with van der Waals surface area (Å²) in [7, 11) is 0. The second kappa shape index (κ2) is 2.13. The largest absolute Gasteiger partial charge is 0.370 e. The number of hydrogen-bond donors (Lipinski definition) is 2. The summed E-state index contributed by atoms with van der Waals surface area (Å²) in [4.78, 5) is 7.44. The van der Waals surface area contributed by atoms with Crippen LogP contribution < -0.4 is 11.1 Å².